The van der Waals surface area contributed by atoms with Crippen LogP contribution in [0.15, 0.2) is 18.2 Å². The third-order valence-corrected chi connectivity index (χ3v) is 2.35. The highest BCUT2D eigenvalue weighted by Crippen LogP contribution is 2.28. The highest BCUT2D eigenvalue weighted by Gasteiger charge is 2.14. The maximum absolute atomic E-state index is 12.1. The van der Waals surface area contributed by atoms with Crippen LogP contribution in [0.4, 0.5) is 8.78 Å². The first kappa shape index (κ1) is 12.2. The molecule has 0 aliphatic rings. The van der Waals surface area contributed by atoms with Crippen molar-refractivity contribution in [1.29, 1.82) is 0 Å². The second kappa shape index (κ2) is 5.28. The number of benzene rings is 1. The molecule has 15 heavy (non-hydrogen) atoms. The third kappa shape index (κ3) is 3.32. The predicted octanol–water partition coefficient (Wildman–Crippen LogP) is 3.00. The van der Waals surface area contributed by atoms with Gasteiger partial charge in [0.05, 0.1) is 12.1 Å². The maximum atomic E-state index is 12.1. The van der Waals surface area contributed by atoms with Gasteiger partial charge in [-0.05, 0) is 17.7 Å². The van der Waals surface area contributed by atoms with Gasteiger partial charge in [-0.25, -0.2) is 8.78 Å². The first-order chi connectivity index (χ1) is 7.04. The van der Waals surface area contributed by atoms with Crippen LogP contribution < -0.4 is 10.5 Å². The van der Waals surface area contributed by atoms with E-state index in [2.05, 4.69) is 0 Å². The monoisotopic (exact) mass is 235 g/mol. The number of rotatable bonds is 4. The van der Waals surface area contributed by atoms with Gasteiger partial charge in [0.15, 0.2) is 0 Å². The third-order valence-electron chi connectivity index (χ3n) is 2.04. The van der Waals surface area contributed by atoms with E-state index in [1.54, 1.807) is 18.2 Å². The smallest absolute Gasteiger partial charge is 0.240 e. The number of halogens is 3. The van der Waals surface area contributed by atoms with Crippen LogP contribution >= 0.6 is 11.6 Å². The zero-order valence-corrected chi connectivity index (χ0v) is 8.97. The van der Waals surface area contributed by atoms with Crippen LogP contribution in [0.25, 0.3) is 0 Å². The van der Waals surface area contributed by atoms with E-state index in [1.807, 2.05) is 0 Å². The van der Waals surface area contributed by atoms with Crippen molar-refractivity contribution in [1.82, 2.24) is 0 Å². The number of ether oxygens (including phenoxy) is 1. The van der Waals surface area contributed by atoms with Crippen LogP contribution in [0.1, 0.15) is 18.0 Å². The molecule has 2 N–H and O–H groups in total. The number of hydrogen-bond donors (Lipinski definition) is 1. The SMILES string of the molecule is COc1cc([C@H](N)CC(F)F)ccc1Cl. The summed E-state index contributed by atoms with van der Waals surface area (Å²) in [4.78, 5) is 0. The second-order valence-corrected chi connectivity index (χ2v) is 3.53. The van der Waals surface area contributed by atoms with Gasteiger partial charge in [-0.1, -0.05) is 17.7 Å². The molecule has 0 bridgehead atoms. The van der Waals surface area contributed by atoms with Crippen LogP contribution in [-0.4, -0.2) is 13.5 Å². The molecule has 5 heteroatoms. The lowest BCUT2D eigenvalue weighted by atomic mass is 10.0. The molecule has 1 aromatic rings. The summed E-state index contributed by atoms with van der Waals surface area (Å²) in [7, 11) is 1.46. The minimum Gasteiger partial charge on any atom is -0.495 e. The Balaban J connectivity index is 2.85. The molecule has 0 saturated heterocycles. The molecular weight excluding hydrogens is 224 g/mol. The Morgan fingerprint density at radius 3 is 2.67 bits per heavy atom. The number of nitrogens with two attached hydrogens (primary N) is 1. The van der Waals surface area contributed by atoms with Crippen LogP contribution in [0, 0.1) is 0 Å². The fraction of sp³-hybridized carbons (Fsp3) is 0.400. The van der Waals surface area contributed by atoms with Gasteiger partial charge in [-0.3, -0.25) is 0 Å². The van der Waals surface area contributed by atoms with Crippen molar-refractivity contribution in [3.05, 3.63) is 28.8 Å². The van der Waals surface area contributed by atoms with Crippen molar-refractivity contribution < 1.29 is 13.5 Å². The topological polar surface area (TPSA) is 35.2 Å². The number of methoxy groups -OCH3 is 1. The number of hydrogen-bond acceptors (Lipinski definition) is 2. The first-order valence-electron chi connectivity index (χ1n) is 4.41. The van der Waals surface area contributed by atoms with Crippen LogP contribution in [0.3, 0.4) is 0 Å². The van der Waals surface area contributed by atoms with E-state index in [-0.39, 0.29) is 6.42 Å². The fourth-order valence-corrected chi connectivity index (χ4v) is 1.43. The summed E-state index contributed by atoms with van der Waals surface area (Å²) in [5, 5.41) is 0.436. The van der Waals surface area contributed by atoms with Gasteiger partial charge < -0.3 is 10.5 Å². The Hall–Kier alpha value is -0.870. The summed E-state index contributed by atoms with van der Waals surface area (Å²) in [6.07, 6.45) is -2.79. The summed E-state index contributed by atoms with van der Waals surface area (Å²) in [6.45, 7) is 0. The molecule has 0 aromatic heterocycles. The Morgan fingerprint density at radius 2 is 2.13 bits per heavy atom. The molecule has 0 aliphatic carbocycles. The van der Waals surface area contributed by atoms with Gasteiger partial charge in [0, 0.05) is 12.5 Å². The Kier molecular flexibility index (Phi) is 4.29. The highest BCUT2D eigenvalue weighted by atomic mass is 35.5. The van der Waals surface area contributed by atoms with Crippen molar-refractivity contribution in [3.8, 4) is 5.75 Å². The zero-order chi connectivity index (χ0) is 11.4. The fourth-order valence-electron chi connectivity index (χ4n) is 1.24. The molecule has 0 aliphatic heterocycles. The lowest BCUT2D eigenvalue weighted by Crippen LogP contribution is -2.13. The van der Waals surface area contributed by atoms with E-state index >= 15 is 0 Å². The minimum absolute atomic E-state index is 0.370. The predicted molar refractivity (Wildman–Crippen MR) is 55.6 cm³/mol. The molecule has 1 atom stereocenters. The Bertz CT molecular complexity index is 333. The van der Waals surface area contributed by atoms with E-state index < -0.39 is 12.5 Å². The summed E-state index contributed by atoms with van der Waals surface area (Å²) in [6, 6.07) is 4.09. The highest BCUT2D eigenvalue weighted by molar-refractivity contribution is 6.32. The van der Waals surface area contributed by atoms with Gasteiger partial charge in [-0.15, -0.1) is 0 Å². The molecule has 0 unspecified atom stereocenters. The molecule has 0 radical (unpaired) electrons. The minimum atomic E-state index is -2.42. The van der Waals surface area contributed by atoms with Gasteiger partial charge in [0.2, 0.25) is 6.43 Å². The standard InChI is InChI=1S/C10H12ClF2NO/c1-15-9-4-6(2-3-7(9)11)8(14)5-10(12)13/h2-4,8,10H,5,14H2,1H3/t8-/m1/s1. The molecule has 1 aromatic carbocycles. The largest absolute Gasteiger partial charge is 0.495 e. The van der Waals surface area contributed by atoms with E-state index in [1.165, 1.54) is 7.11 Å². The number of alkyl halides is 2. The molecular formula is C10H12ClF2NO. The molecule has 1 rings (SSSR count). The molecule has 0 fully saturated rings. The van der Waals surface area contributed by atoms with E-state index in [4.69, 9.17) is 22.1 Å². The summed E-state index contributed by atoms with van der Waals surface area (Å²) >= 11 is 5.79. The summed E-state index contributed by atoms with van der Waals surface area (Å²) in [5.41, 5.74) is 6.18. The molecule has 84 valence electrons. The first-order valence-corrected chi connectivity index (χ1v) is 4.79. The van der Waals surface area contributed by atoms with Gasteiger partial charge in [0.1, 0.15) is 5.75 Å². The maximum Gasteiger partial charge on any atom is 0.240 e. The molecule has 0 amide bonds. The molecule has 0 saturated carbocycles. The molecule has 0 spiro atoms. The van der Waals surface area contributed by atoms with E-state index in [0.29, 0.717) is 16.3 Å². The van der Waals surface area contributed by atoms with Gasteiger partial charge >= 0.3 is 0 Å². The lowest BCUT2D eigenvalue weighted by molar-refractivity contribution is 0.128. The average Bonchev–Trinajstić information content (AvgIpc) is 2.17. The zero-order valence-electron chi connectivity index (χ0n) is 8.21. The van der Waals surface area contributed by atoms with Crippen LogP contribution in [-0.2, 0) is 0 Å². The van der Waals surface area contributed by atoms with Crippen molar-refractivity contribution in [2.75, 3.05) is 7.11 Å². The normalized spacial score (nSPS) is 12.9. The lowest BCUT2D eigenvalue weighted by Gasteiger charge is -2.13. The van der Waals surface area contributed by atoms with E-state index in [9.17, 15) is 8.78 Å². The van der Waals surface area contributed by atoms with Crippen molar-refractivity contribution in [2.24, 2.45) is 5.73 Å². The quantitative estimate of drug-likeness (QED) is 0.871. The van der Waals surface area contributed by atoms with Crippen molar-refractivity contribution >= 4 is 11.6 Å². The molecule has 2 nitrogen and oxygen atoms in total. The second-order valence-electron chi connectivity index (χ2n) is 3.13. The summed E-state index contributed by atoms with van der Waals surface area (Å²) < 4.78 is 29.2. The van der Waals surface area contributed by atoms with Gasteiger partial charge in [0.25, 0.3) is 0 Å². The van der Waals surface area contributed by atoms with Crippen molar-refractivity contribution in [3.63, 3.8) is 0 Å². The van der Waals surface area contributed by atoms with Crippen molar-refractivity contribution in [2.45, 2.75) is 18.9 Å². The van der Waals surface area contributed by atoms with Crippen LogP contribution in [0.5, 0.6) is 5.75 Å². The van der Waals surface area contributed by atoms with E-state index in [0.717, 1.165) is 0 Å². The van der Waals surface area contributed by atoms with Crippen LogP contribution in [0.2, 0.25) is 5.02 Å². The Morgan fingerprint density at radius 1 is 1.47 bits per heavy atom. The molecule has 0 heterocycles. The Labute approximate surface area is 92.0 Å². The average molecular weight is 236 g/mol. The van der Waals surface area contributed by atoms with Gasteiger partial charge in [-0.2, -0.15) is 0 Å². The summed E-state index contributed by atoms with van der Waals surface area (Å²) in [5.74, 6) is 0.443.